The number of rotatable bonds is 1. The molecule has 1 heterocycles. The summed E-state index contributed by atoms with van der Waals surface area (Å²) < 4.78 is 39.7. The van der Waals surface area contributed by atoms with E-state index in [0.29, 0.717) is 6.42 Å². The topological polar surface area (TPSA) is 49.8 Å². The summed E-state index contributed by atoms with van der Waals surface area (Å²) in [6, 6.07) is -0.306. The Kier molecular flexibility index (Phi) is 2.29. The van der Waals surface area contributed by atoms with E-state index in [2.05, 4.69) is 4.74 Å². The number of fused-ring (bicyclic) bond motifs is 2. The fourth-order valence-electron chi connectivity index (χ4n) is 2.46. The van der Waals surface area contributed by atoms with E-state index in [1.54, 1.807) is 0 Å². The van der Waals surface area contributed by atoms with E-state index in [-0.39, 0.29) is 24.9 Å². The van der Waals surface area contributed by atoms with Gasteiger partial charge in [0.05, 0.1) is 6.10 Å². The van der Waals surface area contributed by atoms with Gasteiger partial charge in [-0.25, -0.2) is 4.79 Å². The molecule has 1 saturated carbocycles. The molecule has 7 heteroatoms. The number of ether oxygens (including phenoxy) is 1. The van der Waals surface area contributed by atoms with Crippen LogP contribution in [0, 0.1) is 5.92 Å². The van der Waals surface area contributed by atoms with E-state index in [9.17, 15) is 18.0 Å². The van der Waals surface area contributed by atoms with Gasteiger partial charge in [0.2, 0.25) is 0 Å². The lowest BCUT2D eigenvalue weighted by molar-refractivity contribution is -0.347. The molecular weight excluding hydrogens is 215 g/mol. The summed E-state index contributed by atoms with van der Waals surface area (Å²) in [5, 5.41) is 8.72. The second-order valence-corrected chi connectivity index (χ2v) is 3.92. The highest BCUT2D eigenvalue weighted by atomic mass is 19.4. The number of carbonyl (C=O) groups is 1. The number of amides is 1. The summed E-state index contributed by atoms with van der Waals surface area (Å²) in [5.41, 5.74) is 0. The van der Waals surface area contributed by atoms with E-state index < -0.39 is 18.6 Å². The lowest BCUT2D eigenvalue weighted by Gasteiger charge is -2.29. The van der Waals surface area contributed by atoms with Crippen molar-refractivity contribution in [2.75, 3.05) is 6.54 Å². The molecule has 2 fully saturated rings. The first-order chi connectivity index (χ1) is 6.87. The maximum absolute atomic E-state index is 11.9. The Hall–Kier alpha value is -0.980. The molecule has 2 aliphatic rings. The largest absolute Gasteiger partial charge is 0.522 e. The van der Waals surface area contributed by atoms with E-state index >= 15 is 0 Å². The van der Waals surface area contributed by atoms with Gasteiger partial charge in [0, 0.05) is 18.5 Å². The molecule has 1 aliphatic heterocycles. The Morgan fingerprint density at radius 1 is 1.40 bits per heavy atom. The minimum atomic E-state index is -4.62. The van der Waals surface area contributed by atoms with Crippen molar-refractivity contribution >= 4 is 6.09 Å². The van der Waals surface area contributed by atoms with Crippen LogP contribution in [0.4, 0.5) is 18.0 Å². The molecule has 86 valence electrons. The van der Waals surface area contributed by atoms with Crippen molar-refractivity contribution in [1.82, 2.24) is 4.90 Å². The normalized spacial score (nSPS) is 34.9. The van der Waals surface area contributed by atoms with Gasteiger partial charge in [-0.2, -0.15) is 0 Å². The van der Waals surface area contributed by atoms with Crippen molar-refractivity contribution in [2.45, 2.75) is 31.3 Å². The maximum Gasteiger partial charge on any atom is 0.522 e. The number of hydrogen-bond donors (Lipinski definition) is 1. The van der Waals surface area contributed by atoms with E-state index in [1.165, 1.54) is 4.90 Å². The van der Waals surface area contributed by atoms with Crippen LogP contribution in [0.1, 0.15) is 12.8 Å². The third-order valence-electron chi connectivity index (χ3n) is 3.01. The second-order valence-electron chi connectivity index (χ2n) is 3.92. The molecule has 0 aromatic carbocycles. The van der Waals surface area contributed by atoms with Crippen molar-refractivity contribution in [2.24, 2.45) is 5.92 Å². The van der Waals surface area contributed by atoms with E-state index in [0.717, 1.165) is 0 Å². The monoisotopic (exact) mass is 225 g/mol. The minimum absolute atomic E-state index is 0.149. The van der Waals surface area contributed by atoms with Crippen molar-refractivity contribution in [3.05, 3.63) is 0 Å². The Morgan fingerprint density at radius 3 is 2.47 bits per heavy atom. The number of likely N-dealkylation sites (tertiary alicyclic amines) is 1. The molecule has 1 aliphatic carbocycles. The number of halogens is 3. The van der Waals surface area contributed by atoms with Crippen LogP contribution in [0.25, 0.3) is 0 Å². The zero-order valence-electron chi connectivity index (χ0n) is 7.70. The SMILES string of the molecule is O=C(O)N1CC2CC1CC2OC(F)(F)F. The average Bonchev–Trinajstić information content (AvgIpc) is 2.58. The molecule has 0 aromatic heterocycles. The fourth-order valence-corrected chi connectivity index (χ4v) is 2.46. The number of alkyl halides is 3. The Bertz CT molecular complexity index is 281. The van der Waals surface area contributed by atoms with Gasteiger partial charge >= 0.3 is 12.5 Å². The highest BCUT2D eigenvalue weighted by Gasteiger charge is 2.50. The first-order valence-electron chi connectivity index (χ1n) is 4.61. The van der Waals surface area contributed by atoms with E-state index in [1.807, 2.05) is 0 Å². The van der Waals surface area contributed by atoms with Crippen molar-refractivity contribution in [1.29, 1.82) is 0 Å². The standard InChI is InChI=1S/C8H10F3NO3/c9-8(10,11)15-6-2-5-1-4(6)3-12(5)7(13)14/h4-6H,1-3H2,(H,13,14). The lowest BCUT2D eigenvalue weighted by Crippen LogP contribution is -2.42. The average molecular weight is 225 g/mol. The molecule has 1 saturated heterocycles. The number of piperidine rings is 1. The van der Waals surface area contributed by atoms with Gasteiger partial charge < -0.3 is 10.0 Å². The summed E-state index contributed by atoms with van der Waals surface area (Å²) in [5.74, 6) is -0.312. The Labute approximate surface area is 83.6 Å². The number of carboxylic acid groups (broad SMARTS) is 1. The highest BCUT2D eigenvalue weighted by Crippen LogP contribution is 2.41. The Balaban J connectivity index is 1.95. The van der Waals surface area contributed by atoms with Gasteiger partial charge in [0.25, 0.3) is 0 Å². The van der Waals surface area contributed by atoms with E-state index in [4.69, 9.17) is 5.11 Å². The van der Waals surface area contributed by atoms with Crippen molar-refractivity contribution in [3.8, 4) is 0 Å². The summed E-state index contributed by atoms with van der Waals surface area (Å²) in [6.07, 6.45) is -5.93. The first kappa shape index (κ1) is 10.5. The molecule has 0 radical (unpaired) electrons. The van der Waals surface area contributed by atoms with Gasteiger partial charge in [0.15, 0.2) is 0 Å². The number of nitrogens with zero attached hydrogens (tertiary/aromatic N) is 1. The lowest BCUT2D eigenvalue weighted by atomic mass is 10.1. The zero-order chi connectivity index (χ0) is 11.2. The molecule has 3 atom stereocenters. The van der Waals surface area contributed by atoms with Crippen LogP contribution >= 0.6 is 0 Å². The molecular formula is C8H10F3NO3. The van der Waals surface area contributed by atoms with Crippen LogP contribution in [0.2, 0.25) is 0 Å². The molecule has 2 bridgehead atoms. The molecule has 3 unspecified atom stereocenters. The third-order valence-corrected chi connectivity index (χ3v) is 3.01. The van der Waals surface area contributed by atoms with Crippen LogP contribution < -0.4 is 0 Å². The zero-order valence-corrected chi connectivity index (χ0v) is 7.70. The van der Waals surface area contributed by atoms with Gasteiger partial charge in [0.1, 0.15) is 0 Å². The Morgan fingerprint density at radius 2 is 2.07 bits per heavy atom. The molecule has 1 N–H and O–H groups in total. The maximum atomic E-state index is 11.9. The van der Waals surface area contributed by atoms with Gasteiger partial charge in [-0.05, 0) is 12.8 Å². The molecule has 1 amide bonds. The smallest absolute Gasteiger partial charge is 0.465 e. The molecule has 15 heavy (non-hydrogen) atoms. The minimum Gasteiger partial charge on any atom is -0.465 e. The van der Waals surface area contributed by atoms with Gasteiger partial charge in [-0.3, -0.25) is 4.74 Å². The van der Waals surface area contributed by atoms with Crippen LogP contribution in [-0.4, -0.2) is 41.2 Å². The third kappa shape index (κ3) is 2.01. The fraction of sp³-hybridized carbons (Fsp3) is 0.875. The van der Waals surface area contributed by atoms with Crippen LogP contribution in [-0.2, 0) is 4.74 Å². The van der Waals surface area contributed by atoms with Crippen LogP contribution in [0.15, 0.2) is 0 Å². The molecule has 2 rings (SSSR count). The molecule has 4 nitrogen and oxygen atoms in total. The van der Waals surface area contributed by atoms with Gasteiger partial charge in [-0.1, -0.05) is 0 Å². The predicted octanol–water partition coefficient (Wildman–Crippen LogP) is 1.66. The molecule has 0 aromatic rings. The van der Waals surface area contributed by atoms with Crippen molar-refractivity contribution < 1.29 is 27.8 Å². The second kappa shape index (κ2) is 3.26. The number of hydrogen-bond acceptors (Lipinski definition) is 2. The summed E-state index contributed by atoms with van der Waals surface area (Å²) in [6.45, 7) is 0.154. The van der Waals surface area contributed by atoms with Crippen LogP contribution in [0.3, 0.4) is 0 Å². The van der Waals surface area contributed by atoms with Gasteiger partial charge in [-0.15, -0.1) is 13.2 Å². The predicted molar refractivity (Wildman–Crippen MR) is 42.2 cm³/mol. The summed E-state index contributed by atoms with van der Waals surface area (Å²) in [4.78, 5) is 11.8. The quantitative estimate of drug-likeness (QED) is 0.738. The molecule has 0 spiro atoms. The first-order valence-corrected chi connectivity index (χ1v) is 4.61. The summed E-state index contributed by atoms with van der Waals surface area (Å²) >= 11 is 0. The van der Waals surface area contributed by atoms with Crippen LogP contribution in [0.5, 0.6) is 0 Å². The summed E-state index contributed by atoms with van der Waals surface area (Å²) in [7, 11) is 0. The highest BCUT2D eigenvalue weighted by molar-refractivity contribution is 5.66. The van der Waals surface area contributed by atoms with Crippen molar-refractivity contribution in [3.63, 3.8) is 0 Å².